The Labute approximate surface area is 80.6 Å². The van der Waals surface area contributed by atoms with E-state index in [1.807, 2.05) is 20.8 Å². The van der Waals surface area contributed by atoms with Crippen molar-refractivity contribution in [2.24, 2.45) is 5.41 Å². The molecule has 0 N–H and O–H groups in total. The fraction of sp³-hybridized carbons (Fsp3) is 1.00. The maximum atomic E-state index is 10.9. The highest BCUT2D eigenvalue weighted by Crippen LogP contribution is 2.18. The van der Waals surface area contributed by atoms with Crippen LogP contribution in [0.3, 0.4) is 0 Å². The molecule has 0 aliphatic carbocycles. The SMILES string of the molecule is CCOS(=O)(=O)OCCC(C)(C)C. The second-order valence-corrected chi connectivity index (χ2v) is 5.24. The van der Waals surface area contributed by atoms with Crippen molar-refractivity contribution in [3.63, 3.8) is 0 Å². The molecule has 0 aromatic rings. The third-order valence-electron chi connectivity index (χ3n) is 1.34. The number of rotatable bonds is 5. The minimum atomic E-state index is -3.75. The van der Waals surface area contributed by atoms with Gasteiger partial charge < -0.3 is 0 Å². The van der Waals surface area contributed by atoms with Gasteiger partial charge in [-0.2, -0.15) is 8.42 Å². The van der Waals surface area contributed by atoms with E-state index in [1.165, 1.54) is 0 Å². The van der Waals surface area contributed by atoms with Crippen LogP contribution in [-0.4, -0.2) is 21.6 Å². The zero-order valence-corrected chi connectivity index (χ0v) is 9.48. The van der Waals surface area contributed by atoms with Crippen molar-refractivity contribution in [2.45, 2.75) is 34.1 Å². The second-order valence-electron chi connectivity index (χ2n) is 3.95. The normalized spacial score (nSPS) is 13.2. The van der Waals surface area contributed by atoms with Gasteiger partial charge >= 0.3 is 10.4 Å². The molecule has 4 nitrogen and oxygen atoms in total. The summed E-state index contributed by atoms with van der Waals surface area (Å²) in [7, 11) is -3.75. The number of hydrogen-bond acceptors (Lipinski definition) is 4. The Morgan fingerprint density at radius 1 is 1.15 bits per heavy atom. The maximum Gasteiger partial charge on any atom is 0.399 e. The fourth-order valence-electron chi connectivity index (χ4n) is 0.628. The van der Waals surface area contributed by atoms with Crippen LogP contribution in [0.5, 0.6) is 0 Å². The average Bonchev–Trinajstić information content (AvgIpc) is 1.82. The lowest BCUT2D eigenvalue weighted by Gasteiger charge is -2.16. The van der Waals surface area contributed by atoms with Gasteiger partial charge in [0.15, 0.2) is 0 Å². The van der Waals surface area contributed by atoms with Crippen LogP contribution in [0.1, 0.15) is 34.1 Å². The van der Waals surface area contributed by atoms with E-state index in [-0.39, 0.29) is 18.6 Å². The molecule has 0 aliphatic heterocycles. The standard InChI is InChI=1S/C8H18O4S/c1-5-11-13(9,10)12-7-6-8(2,3)4/h5-7H2,1-4H3. The van der Waals surface area contributed by atoms with Crippen LogP contribution in [0, 0.1) is 5.41 Å². The van der Waals surface area contributed by atoms with E-state index in [9.17, 15) is 8.42 Å². The van der Waals surface area contributed by atoms with Gasteiger partial charge in [0.1, 0.15) is 0 Å². The van der Waals surface area contributed by atoms with E-state index in [0.717, 1.165) is 0 Å². The Morgan fingerprint density at radius 2 is 1.69 bits per heavy atom. The summed E-state index contributed by atoms with van der Waals surface area (Å²) in [4.78, 5) is 0. The first kappa shape index (κ1) is 12.9. The lowest BCUT2D eigenvalue weighted by Crippen LogP contribution is -2.15. The highest BCUT2D eigenvalue weighted by molar-refractivity contribution is 7.81. The van der Waals surface area contributed by atoms with Gasteiger partial charge in [0.25, 0.3) is 0 Å². The first-order chi connectivity index (χ1) is 5.77. The second kappa shape index (κ2) is 4.93. The average molecular weight is 210 g/mol. The maximum absolute atomic E-state index is 10.9. The van der Waals surface area contributed by atoms with Gasteiger partial charge in [0.05, 0.1) is 13.2 Å². The van der Waals surface area contributed by atoms with Crippen molar-refractivity contribution in [3.8, 4) is 0 Å². The van der Waals surface area contributed by atoms with Gasteiger partial charge in [0.2, 0.25) is 0 Å². The third kappa shape index (κ3) is 8.21. The van der Waals surface area contributed by atoms with Crippen molar-refractivity contribution >= 4 is 10.4 Å². The van der Waals surface area contributed by atoms with Crippen molar-refractivity contribution in [1.82, 2.24) is 0 Å². The van der Waals surface area contributed by atoms with Gasteiger partial charge in [-0.05, 0) is 18.8 Å². The lowest BCUT2D eigenvalue weighted by atomic mass is 9.93. The van der Waals surface area contributed by atoms with Gasteiger partial charge in [-0.25, -0.2) is 8.37 Å². The molecular formula is C8H18O4S. The topological polar surface area (TPSA) is 52.6 Å². The third-order valence-corrected chi connectivity index (χ3v) is 2.32. The molecule has 0 amide bonds. The van der Waals surface area contributed by atoms with Crippen LogP contribution >= 0.6 is 0 Å². The Bertz CT molecular complexity index is 225. The minimum Gasteiger partial charge on any atom is -0.248 e. The van der Waals surface area contributed by atoms with Gasteiger partial charge in [-0.15, -0.1) is 0 Å². The highest BCUT2D eigenvalue weighted by Gasteiger charge is 2.14. The Hall–Kier alpha value is -0.130. The summed E-state index contributed by atoms with van der Waals surface area (Å²) in [6.45, 7) is 7.94. The molecule has 0 heterocycles. The number of hydrogen-bond donors (Lipinski definition) is 0. The summed E-state index contributed by atoms with van der Waals surface area (Å²) < 4.78 is 30.7. The molecule has 0 rings (SSSR count). The minimum absolute atomic E-state index is 0.0712. The lowest BCUT2D eigenvalue weighted by molar-refractivity contribution is 0.195. The van der Waals surface area contributed by atoms with Crippen LogP contribution in [0.4, 0.5) is 0 Å². The summed E-state index contributed by atoms with van der Waals surface area (Å²) in [5.41, 5.74) is 0.0712. The van der Waals surface area contributed by atoms with Crippen molar-refractivity contribution in [3.05, 3.63) is 0 Å². The molecule has 0 atom stereocenters. The molecule has 0 unspecified atom stereocenters. The first-order valence-electron chi connectivity index (χ1n) is 4.30. The summed E-state index contributed by atoms with van der Waals surface area (Å²) in [5, 5.41) is 0. The van der Waals surface area contributed by atoms with E-state index in [2.05, 4.69) is 8.37 Å². The molecule has 0 radical (unpaired) electrons. The molecule has 0 aromatic carbocycles. The fourth-order valence-corrected chi connectivity index (χ4v) is 1.27. The van der Waals surface area contributed by atoms with Gasteiger partial charge in [-0.3, -0.25) is 0 Å². The predicted octanol–water partition coefficient (Wildman–Crippen LogP) is 1.72. The molecule has 5 heteroatoms. The van der Waals surface area contributed by atoms with Gasteiger partial charge in [-0.1, -0.05) is 20.8 Å². The highest BCUT2D eigenvalue weighted by atomic mass is 32.3. The van der Waals surface area contributed by atoms with E-state index in [0.29, 0.717) is 6.42 Å². The smallest absolute Gasteiger partial charge is 0.248 e. The molecule has 0 saturated carbocycles. The summed E-state index contributed by atoms with van der Waals surface area (Å²) in [5.74, 6) is 0. The molecule has 0 spiro atoms. The molecule has 13 heavy (non-hydrogen) atoms. The van der Waals surface area contributed by atoms with Crippen molar-refractivity contribution < 1.29 is 16.8 Å². The van der Waals surface area contributed by atoms with E-state index in [4.69, 9.17) is 0 Å². The summed E-state index contributed by atoms with van der Waals surface area (Å²) in [6, 6.07) is 0. The Morgan fingerprint density at radius 3 is 2.08 bits per heavy atom. The molecular weight excluding hydrogens is 192 g/mol. The monoisotopic (exact) mass is 210 g/mol. The van der Waals surface area contributed by atoms with Gasteiger partial charge in [0, 0.05) is 0 Å². The zero-order valence-electron chi connectivity index (χ0n) is 8.66. The van der Waals surface area contributed by atoms with Crippen LogP contribution in [0.25, 0.3) is 0 Å². The molecule has 0 aromatic heterocycles. The molecule has 80 valence electrons. The zero-order chi connectivity index (χ0) is 10.5. The quantitative estimate of drug-likeness (QED) is 0.693. The predicted molar refractivity (Wildman–Crippen MR) is 50.6 cm³/mol. The van der Waals surface area contributed by atoms with E-state index >= 15 is 0 Å². The van der Waals surface area contributed by atoms with E-state index in [1.54, 1.807) is 6.92 Å². The Balaban J connectivity index is 3.77. The molecule has 0 bridgehead atoms. The largest absolute Gasteiger partial charge is 0.399 e. The van der Waals surface area contributed by atoms with Crippen LogP contribution in [0.2, 0.25) is 0 Å². The van der Waals surface area contributed by atoms with E-state index < -0.39 is 10.4 Å². The summed E-state index contributed by atoms with van der Waals surface area (Å²) in [6.07, 6.45) is 0.680. The van der Waals surface area contributed by atoms with Crippen LogP contribution < -0.4 is 0 Å². The van der Waals surface area contributed by atoms with Crippen molar-refractivity contribution in [2.75, 3.05) is 13.2 Å². The Kier molecular flexibility index (Phi) is 4.88. The molecule has 0 aliphatic rings. The first-order valence-corrected chi connectivity index (χ1v) is 5.64. The molecule has 0 fully saturated rings. The molecule has 0 saturated heterocycles. The van der Waals surface area contributed by atoms with Crippen LogP contribution in [0.15, 0.2) is 0 Å². The summed E-state index contributed by atoms with van der Waals surface area (Å²) >= 11 is 0. The van der Waals surface area contributed by atoms with Crippen LogP contribution in [-0.2, 0) is 18.8 Å². The van der Waals surface area contributed by atoms with Crippen molar-refractivity contribution in [1.29, 1.82) is 0 Å².